The van der Waals surface area contributed by atoms with Crippen LogP contribution < -0.4 is 27.6 Å². The number of nitrogens with zero attached hydrogens (tertiary/aromatic N) is 1. The summed E-state index contributed by atoms with van der Waals surface area (Å²) in [6, 6.07) is 17.7. The molecule has 11 nitrogen and oxygen atoms in total. The van der Waals surface area contributed by atoms with E-state index in [9.17, 15) is 14.4 Å². The first-order valence-corrected chi connectivity index (χ1v) is 10.7. The molecule has 0 radical (unpaired) electrons. The van der Waals surface area contributed by atoms with Crippen molar-refractivity contribution >= 4 is 23.9 Å². The number of carbonyl (C=O) groups is 3. The summed E-state index contributed by atoms with van der Waals surface area (Å²) in [6.45, 7) is 0.311. The lowest BCUT2D eigenvalue weighted by Crippen LogP contribution is -2.45. The molecule has 11 heteroatoms. The van der Waals surface area contributed by atoms with Crippen LogP contribution in [0, 0.1) is 0 Å². The van der Waals surface area contributed by atoms with Gasteiger partial charge in [-0.05, 0) is 24.0 Å². The Bertz CT molecular complexity index is 939. The van der Waals surface area contributed by atoms with E-state index < -0.39 is 23.9 Å². The van der Waals surface area contributed by atoms with E-state index >= 15 is 0 Å². The van der Waals surface area contributed by atoms with E-state index in [-0.39, 0.29) is 32.3 Å². The third-order valence-corrected chi connectivity index (χ3v) is 4.43. The van der Waals surface area contributed by atoms with Gasteiger partial charge in [0.1, 0.15) is 6.61 Å². The van der Waals surface area contributed by atoms with Crippen molar-refractivity contribution < 1.29 is 24.0 Å². The first kappa shape index (κ1) is 26.3. The van der Waals surface area contributed by atoms with Crippen LogP contribution in [0.25, 0.3) is 0 Å². The highest BCUT2D eigenvalue weighted by molar-refractivity contribution is 5.92. The number of nitrogens with two attached hydrogens (primary N) is 2. The van der Waals surface area contributed by atoms with E-state index in [1.54, 1.807) is 0 Å². The van der Waals surface area contributed by atoms with Gasteiger partial charge in [0.25, 0.3) is 5.91 Å². The van der Waals surface area contributed by atoms with Crippen molar-refractivity contribution in [1.82, 2.24) is 16.1 Å². The van der Waals surface area contributed by atoms with Gasteiger partial charge < -0.3 is 21.5 Å². The number of hydrogen-bond acceptors (Lipinski definition) is 7. The second-order valence-corrected chi connectivity index (χ2v) is 7.22. The lowest BCUT2D eigenvalue weighted by Gasteiger charge is -2.12. The summed E-state index contributed by atoms with van der Waals surface area (Å²) in [5, 5.41) is 4.76. The maximum Gasteiger partial charge on any atom is 0.414 e. The van der Waals surface area contributed by atoms with Gasteiger partial charge in [-0.3, -0.25) is 24.7 Å². The number of alkyl carbamates (subject to hydrolysis) is 1. The Hall–Kier alpha value is -3.96. The van der Waals surface area contributed by atoms with Crippen LogP contribution in [0.3, 0.4) is 0 Å². The summed E-state index contributed by atoms with van der Waals surface area (Å²) < 4.78 is 5.04. The monoisotopic (exact) mass is 470 g/mol. The predicted octanol–water partition coefficient (Wildman–Crippen LogP) is 0.699. The van der Waals surface area contributed by atoms with Crippen LogP contribution in [0.5, 0.6) is 0 Å². The zero-order valence-corrected chi connectivity index (χ0v) is 18.7. The second-order valence-electron chi connectivity index (χ2n) is 7.22. The molecule has 0 aliphatic heterocycles. The highest BCUT2D eigenvalue weighted by Crippen LogP contribution is 2.01. The minimum atomic E-state index is -0.821. The first-order valence-electron chi connectivity index (χ1n) is 10.7. The number of hydrogen-bond donors (Lipinski definition) is 5. The molecular formula is C23H30N6O5. The van der Waals surface area contributed by atoms with Crippen LogP contribution in [-0.4, -0.2) is 43.0 Å². The maximum absolute atomic E-state index is 12.0. The summed E-state index contributed by atoms with van der Waals surface area (Å²) in [5.41, 5.74) is 15.5. The minimum Gasteiger partial charge on any atom is -0.444 e. The second kappa shape index (κ2) is 15.0. The summed E-state index contributed by atoms with van der Waals surface area (Å²) >= 11 is 0. The Morgan fingerprint density at radius 1 is 0.941 bits per heavy atom. The topological polar surface area (TPSA) is 170 Å². The molecule has 34 heavy (non-hydrogen) atoms. The van der Waals surface area contributed by atoms with E-state index in [2.05, 4.69) is 21.1 Å². The van der Waals surface area contributed by atoms with Crippen LogP contribution >= 0.6 is 0 Å². The van der Waals surface area contributed by atoms with Gasteiger partial charge in [-0.1, -0.05) is 60.7 Å². The number of ether oxygens (including phenoxy) is 1. The molecule has 7 N–H and O–H groups in total. The van der Waals surface area contributed by atoms with E-state index in [1.165, 1.54) is 0 Å². The summed E-state index contributed by atoms with van der Waals surface area (Å²) in [4.78, 5) is 44.6. The number of carbonyl (C=O) groups excluding carboxylic acids is 3. The van der Waals surface area contributed by atoms with Crippen molar-refractivity contribution in [2.45, 2.75) is 32.1 Å². The van der Waals surface area contributed by atoms with Gasteiger partial charge in [0.05, 0.1) is 19.2 Å². The van der Waals surface area contributed by atoms with Gasteiger partial charge >= 0.3 is 6.09 Å². The summed E-state index contributed by atoms with van der Waals surface area (Å²) in [7, 11) is 0. The van der Waals surface area contributed by atoms with Crippen LogP contribution in [0.4, 0.5) is 4.79 Å². The minimum absolute atomic E-state index is 0.0942. The zero-order valence-electron chi connectivity index (χ0n) is 18.7. The first-order chi connectivity index (χ1) is 16.4. The number of guanidine groups is 1. The lowest BCUT2D eigenvalue weighted by atomic mass is 10.1. The number of rotatable bonds is 12. The van der Waals surface area contributed by atoms with E-state index in [4.69, 9.17) is 21.0 Å². The number of benzene rings is 2. The van der Waals surface area contributed by atoms with Gasteiger partial charge in [-0.25, -0.2) is 10.3 Å². The molecule has 0 aliphatic carbocycles. The fraction of sp³-hybridized carbons (Fsp3) is 0.304. The quantitative estimate of drug-likeness (QED) is 0.131. The Labute approximate surface area is 197 Å². The molecule has 0 bridgehead atoms. The molecule has 0 aliphatic rings. The Balaban J connectivity index is 1.54. The molecule has 0 unspecified atom stereocenters. The summed E-state index contributed by atoms with van der Waals surface area (Å²) in [5.74, 6) is -1.07. The Kier molecular flexibility index (Phi) is 11.6. The molecule has 0 spiro atoms. The van der Waals surface area contributed by atoms with Crippen LogP contribution in [0.2, 0.25) is 0 Å². The van der Waals surface area contributed by atoms with Gasteiger partial charge in [-0.2, -0.15) is 0 Å². The van der Waals surface area contributed by atoms with Crippen molar-refractivity contribution in [1.29, 1.82) is 0 Å². The normalized spacial score (nSPS) is 11.9. The van der Waals surface area contributed by atoms with Crippen molar-refractivity contribution in [3.63, 3.8) is 0 Å². The number of aliphatic imine (C=N–C) groups is 1. The van der Waals surface area contributed by atoms with E-state index in [0.29, 0.717) is 12.8 Å². The molecule has 0 aromatic heterocycles. The summed E-state index contributed by atoms with van der Waals surface area (Å²) in [6.07, 6.45) is 0.0440. The maximum atomic E-state index is 12.0. The fourth-order valence-corrected chi connectivity index (χ4v) is 2.65. The molecule has 2 rings (SSSR count). The number of nitrogens with one attached hydrogen (secondary N) is 3. The molecule has 0 saturated carbocycles. The van der Waals surface area contributed by atoms with Crippen molar-refractivity contribution in [2.24, 2.45) is 16.5 Å². The molecular weight excluding hydrogens is 440 g/mol. The zero-order chi connectivity index (χ0) is 24.6. The lowest BCUT2D eigenvalue weighted by molar-refractivity contribution is -0.135. The van der Waals surface area contributed by atoms with Crippen LogP contribution in [0.15, 0.2) is 65.7 Å². The third-order valence-electron chi connectivity index (χ3n) is 4.43. The molecule has 0 heterocycles. The van der Waals surface area contributed by atoms with Crippen LogP contribution in [0.1, 0.15) is 24.0 Å². The molecule has 0 fully saturated rings. The van der Waals surface area contributed by atoms with Crippen molar-refractivity contribution in [3.8, 4) is 0 Å². The van der Waals surface area contributed by atoms with Gasteiger partial charge in [0.15, 0.2) is 5.96 Å². The SMILES string of the molecule is NC(=NCCC[C@H](N)C(=O)NCC(=O)NOCc1ccccc1)NC(=O)OCc1ccccc1. The van der Waals surface area contributed by atoms with Gasteiger partial charge in [-0.15, -0.1) is 0 Å². The standard InChI is InChI=1S/C23H30N6O5/c24-19(21(31)27-14-20(30)29-34-16-18-10-5-2-6-11-18)12-7-13-26-22(25)28-23(32)33-15-17-8-3-1-4-9-17/h1-6,8-11,19H,7,12-16,24H2,(H,27,31)(H,29,30)(H3,25,26,28,32)/t19-/m0/s1. The van der Waals surface area contributed by atoms with Crippen molar-refractivity contribution in [2.75, 3.05) is 13.1 Å². The fourth-order valence-electron chi connectivity index (χ4n) is 2.65. The Morgan fingerprint density at radius 2 is 1.56 bits per heavy atom. The predicted molar refractivity (Wildman–Crippen MR) is 126 cm³/mol. The van der Waals surface area contributed by atoms with Crippen LogP contribution in [-0.2, 0) is 32.4 Å². The highest BCUT2D eigenvalue weighted by Gasteiger charge is 2.14. The molecule has 2 aromatic rings. The molecule has 0 saturated heterocycles. The number of hydroxylamine groups is 1. The highest BCUT2D eigenvalue weighted by atomic mass is 16.6. The molecule has 3 amide bonds. The van der Waals surface area contributed by atoms with Crippen molar-refractivity contribution in [3.05, 3.63) is 71.8 Å². The van der Waals surface area contributed by atoms with Gasteiger partial charge in [0.2, 0.25) is 5.91 Å². The van der Waals surface area contributed by atoms with Gasteiger partial charge in [0, 0.05) is 6.54 Å². The average Bonchev–Trinajstić information content (AvgIpc) is 2.85. The van der Waals surface area contributed by atoms with E-state index in [0.717, 1.165) is 11.1 Å². The smallest absolute Gasteiger partial charge is 0.414 e. The largest absolute Gasteiger partial charge is 0.444 e. The molecule has 1 atom stereocenters. The number of amides is 3. The third kappa shape index (κ3) is 11.1. The molecule has 182 valence electrons. The molecule has 2 aromatic carbocycles. The Morgan fingerprint density at radius 3 is 2.21 bits per heavy atom. The average molecular weight is 471 g/mol. The van der Waals surface area contributed by atoms with E-state index in [1.807, 2.05) is 60.7 Å².